The lowest BCUT2D eigenvalue weighted by molar-refractivity contribution is -0.136. The van der Waals surface area contributed by atoms with E-state index < -0.39 is 5.60 Å². The van der Waals surface area contributed by atoms with E-state index in [1.807, 2.05) is 47.4 Å². The summed E-state index contributed by atoms with van der Waals surface area (Å²) in [6.07, 6.45) is 6.07. The smallest absolute Gasteiger partial charge is 0.281 e. The number of rotatable bonds is 6. The monoisotopic (exact) mass is 486 g/mol. The van der Waals surface area contributed by atoms with Crippen LogP contribution in [0.2, 0.25) is 0 Å². The highest BCUT2D eigenvalue weighted by atomic mass is 16.3. The van der Waals surface area contributed by atoms with Crippen LogP contribution in [0.3, 0.4) is 0 Å². The average molecular weight is 487 g/mol. The van der Waals surface area contributed by atoms with Gasteiger partial charge in [-0.25, -0.2) is 4.98 Å². The van der Waals surface area contributed by atoms with Crippen molar-refractivity contribution in [1.29, 1.82) is 0 Å². The molecule has 1 saturated heterocycles. The Morgan fingerprint density at radius 2 is 1.78 bits per heavy atom. The molecule has 1 aliphatic heterocycles. The zero-order valence-electron chi connectivity index (χ0n) is 20.5. The summed E-state index contributed by atoms with van der Waals surface area (Å²) in [5.41, 5.74) is 2.15. The van der Waals surface area contributed by atoms with Gasteiger partial charge in [0.1, 0.15) is 5.52 Å². The van der Waals surface area contributed by atoms with E-state index in [1.54, 1.807) is 24.1 Å². The fourth-order valence-electron chi connectivity index (χ4n) is 4.98. The molecule has 0 radical (unpaired) electrons. The molecular formula is C27H30N6O3. The van der Waals surface area contributed by atoms with Gasteiger partial charge in [-0.2, -0.15) is 5.10 Å². The molecule has 1 fully saturated rings. The van der Waals surface area contributed by atoms with Gasteiger partial charge in [-0.05, 0) is 36.5 Å². The number of amides is 1. The Kier molecular flexibility index (Phi) is 6.40. The number of aliphatic hydroxyl groups is 1. The molecule has 9 nitrogen and oxygen atoms in total. The first-order valence-corrected chi connectivity index (χ1v) is 12.2. The number of hydrogen-bond acceptors (Lipinski definition) is 6. The number of aryl methyl sites for hydroxylation is 1. The lowest BCUT2D eigenvalue weighted by Gasteiger charge is -2.38. The maximum Gasteiger partial charge on any atom is 0.281 e. The van der Waals surface area contributed by atoms with Gasteiger partial charge in [0.2, 0.25) is 5.91 Å². The molecular weight excluding hydrogens is 456 g/mol. The van der Waals surface area contributed by atoms with Crippen LogP contribution in [0.15, 0.2) is 66.0 Å². The number of carbonyl (C=O) groups is 1. The summed E-state index contributed by atoms with van der Waals surface area (Å²) in [7, 11) is 1.78. The summed E-state index contributed by atoms with van der Waals surface area (Å²) in [6.45, 7) is 3.08. The van der Waals surface area contributed by atoms with Crippen LogP contribution >= 0.6 is 0 Å². The van der Waals surface area contributed by atoms with Crippen molar-refractivity contribution in [2.75, 3.05) is 13.1 Å². The van der Waals surface area contributed by atoms with E-state index >= 15 is 0 Å². The van der Waals surface area contributed by atoms with Crippen LogP contribution in [0.25, 0.3) is 22.3 Å². The quantitative estimate of drug-likeness (QED) is 0.449. The van der Waals surface area contributed by atoms with Crippen LogP contribution in [0, 0.1) is 0 Å². The Bertz CT molecular complexity index is 1420. The molecule has 4 aromatic rings. The summed E-state index contributed by atoms with van der Waals surface area (Å²) < 4.78 is 3.08. The van der Waals surface area contributed by atoms with E-state index in [1.165, 1.54) is 10.9 Å². The third-order valence-corrected chi connectivity index (χ3v) is 7.13. The molecule has 5 rings (SSSR count). The molecule has 0 saturated carbocycles. The zero-order valence-corrected chi connectivity index (χ0v) is 20.5. The predicted molar refractivity (Wildman–Crippen MR) is 136 cm³/mol. The largest absolute Gasteiger partial charge is 0.388 e. The molecule has 9 heteroatoms. The number of nitrogens with zero attached hydrogens (tertiary/aromatic N) is 6. The maximum atomic E-state index is 13.2. The summed E-state index contributed by atoms with van der Waals surface area (Å²) in [4.78, 5) is 36.5. The maximum absolute atomic E-state index is 13.2. The molecule has 4 heterocycles. The number of piperidine rings is 1. The van der Waals surface area contributed by atoms with Crippen LogP contribution in [0.1, 0.15) is 37.7 Å². The van der Waals surface area contributed by atoms with Gasteiger partial charge in [0.05, 0.1) is 24.2 Å². The molecule has 0 aliphatic carbocycles. The van der Waals surface area contributed by atoms with Crippen molar-refractivity contribution in [1.82, 2.24) is 29.2 Å². The van der Waals surface area contributed by atoms with E-state index in [0.717, 1.165) is 16.8 Å². The number of aromatic nitrogens is 5. The van der Waals surface area contributed by atoms with Gasteiger partial charge >= 0.3 is 0 Å². The van der Waals surface area contributed by atoms with Gasteiger partial charge in [0.25, 0.3) is 5.56 Å². The van der Waals surface area contributed by atoms with Crippen molar-refractivity contribution >= 4 is 16.9 Å². The van der Waals surface area contributed by atoms with Crippen LogP contribution in [-0.4, -0.2) is 58.9 Å². The van der Waals surface area contributed by atoms with E-state index in [4.69, 9.17) is 0 Å². The van der Waals surface area contributed by atoms with E-state index in [-0.39, 0.29) is 29.4 Å². The number of pyridine rings is 1. The van der Waals surface area contributed by atoms with Gasteiger partial charge in [-0.1, -0.05) is 37.3 Å². The van der Waals surface area contributed by atoms with Crippen molar-refractivity contribution in [3.8, 4) is 11.3 Å². The predicted octanol–water partition coefficient (Wildman–Crippen LogP) is 2.74. The molecule has 0 bridgehead atoms. The minimum atomic E-state index is -1.09. The van der Waals surface area contributed by atoms with Crippen LogP contribution in [0.4, 0.5) is 0 Å². The number of benzene rings is 1. The third kappa shape index (κ3) is 4.66. The van der Waals surface area contributed by atoms with Gasteiger partial charge in [0.15, 0.2) is 5.52 Å². The highest BCUT2D eigenvalue weighted by molar-refractivity contribution is 5.89. The van der Waals surface area contributed by atoms with E-state index in [9.17, 15) is 14.7 Å². The fraction of sp³-hybridized carbons (Fsp3) is 0.370. The van der Waals surface area contributed by atoms with Gasteiger partial charge in [0, 0.05) is 44.5 Å². The minimum absolute atomic E-state index is 0.0887. The second kappa shape index (κ2) is 9.66. The Balaban J connectivity index is 1.27. The Labute approximate surface area is 209 Å². The highest BCUT2D eigenvalue weighted by Crippen LogP contribution is 2.28. The van der Waals surface area contributed by atoms with Gasteiger partial charge in [-0.3, -0.25) is 23.8 Å². The average Bonchev–Trinajstić information content (AvgIpc) is 3.23. The summed E-state index contributed by atoms with van der Waals surface area (Å²) in [5, 5.41) is 15.7. The van der Waals surface area contributed by atoms with E-state index in [0.29, 0.717) is 37.9 Å². The molecule has 186 valence electrons. The third-order valence-electron chi connectivity index (χ3n) is 7.13. The Morgan fingerprint density at radius 1 is 1.08 bits per heavy atom. The molecule has 3 aromatic heterocycles. The molecule has 1 atom stereocenters. The Morgan fingerprint density at radius 3 is 2.47 bits per heavy atom. The first kappa shape index (κ1) is 23.9. The van der Waals surface area contributed by atoms with Crippen molar-refractivity contribution in [2.45, 2.75) is 44.2 Å². The molecule has 1 unspecified atom stereocenters. The van der Waals surface area contributed by atoms with Gasteiger partial charge < -0.3 is 10.0 Å². The number of carbonyl (C=O) groups excluding carboxylic acids is 1. The van der Waals surface area contributed by atoms with Crippen molar-refractivity contribution in [3.63, 3.8) is 0 Å². The van der Waals surface area contributed by atoms with Crippen molar-refractivity contribution < 1.29 is 9.90 Å². The molecule has 1 N–H and O–H groups in total. The van der Waals surface area contributed by atoms with Crippen molar-refractivity contribution in [3.05, 3.63) is 77.1 Å². The summed E-state index contributed by atoms with van der Waals surface area (Å²) >= 11 is 0. The lowest BCUT2D eigenvalue weighted by atomic mass is 9.90. The summed E-state index contributed by atoms with van der Waals surface area (Å²) in [6, 6.07) is 13.7. The molecule has 1 aromatic carbocycles. The molecule has 36 heavy (non-hydrogen) atoms. The second-order valence-electron chi connectivity index (χ2n) is 9.70. The Hall–Kier alpha value is -3.85. The second-order valence-corrected chi connectivity index (χ2v) is 9.70. The minimum Gasteiger partial charge on any atom is -0.388 e. The number of likely N-dealkylation sites (tertiary alicyclic amines) is 1. The van der Waals surface area contributed by atoms with E-state index in [2.05, 4.69) is 22.0 Å². The van der Waals surface area contributed by atoms with Gasteiger partial charge in [-0.15, -0.1) is 0 Å². The molecule has 1 aliphatic rings. The number of fused-ring (bicyclic) bond motifs is 1. The topological polar surface area (TPSA) is 106 Å². The lowest BCUT2D eigenvalue weighted by Crippen LogP contribution is -2.49. The standard InChI is InChI=1S/C27H30N6O3/c1-19(20-6-4-3-5-7-20)16-22(34)32-14-10-27(36,11-15-32)17-33-18-29-23-24(26(33)35)30-31(2)25(23)21-8-12-28-13-9-21/h3-9,12-13,18-19,36H,10-11,14-17H2,1-2H3. The van der Waals surface area contributed by atoms with Crippen molar-refractivity contribution in [2.24, 2.45) is 7.05 Å². The summed E-state index contributed by atoms with van der Waals surface area (Å²) in [5.74, 6) is 0.220. The highest BCUT2D eigenvalue weighted by Gasteiger charge is 2.35. The SMILES string of the molecule is CC(CC(=O)N1CCC(O)(Cn2cnc3c(-c4ccncc4)n(C)nc3c2=O)CC1)c1ccccc1. The molecule has 0 spiro atoms. The molecule has 1 amide bonds. The fourth-order valence-corrected chi connectivity index (χ4v) is 4.98. The number of hydrogen-bond donors (Lipinski definition) is 1. The van der Waals surface area contributed by atoms with Crippen LogP contribution in [0.5, 0.6) is 0 Å². The first-order valence-electron chi connectivity index (χ1n) is 12.2. The normalized spacial score (nSPS) is 16.2. The zero-order chi connectivity index (χ0) is 25.3. The van der Waals surface area contributed by atoms with Crippen LogP contribution < -0.4 is 5.56 Å². The first-order chi connectivity index (χ1) is 17.3. The van der Waals surface area contributed by atoms with Crippen LogP contribution in [-0.2, 0) is 18.4 Å².